The fourth-order valence-electron chi connectivity index (χ4n) is 16.0. The number of rotatable bonds is 20. The van der Waals surface area contributed by atoms with Gasteiger partial charge in [0.25, 0.3) is 0 Å². The lowest BCUT2D eigenvalue weighted by atomic mass is 10.0. The molecule has 5 fully saturated rings. The molecule has 0 N–H and O–H groups in total. The summed E-state index contributed by atoms with van der Waals surface area (Å²) in [6, 6.07) is 33.3. The van der Waals surface area contributed by atoms with Crippen molar-refractivity contribution in [3.05, 3.63) is 169 Å². The summed E-state index contributed by atoms with van der Waals surface area (Å²) < 4.78 is 95.3. The van der Waals surface area contributed by atoms with Gasteiger partial charge < -0.3 is 38.5 Å². The minimum Gasteiger partial charge on any atom is -0.495 e. The first-order chi connectivity index (χ1) is 60.4. The van der Waals surface area contributed by atoms with Crippen molar-refractivity contribution in [2.45, 2.75) is 115 Å². The second-order valence-electron chi connectivity index (χ2n) is 33.4. The molecule has 126 heavy (non-hydrogen) atoms. The third-order valence-electron chi connectivity index (χ3n) is 21.9. The summed E-state index contributed by atoms with van der Waals surface area (Å²) in [5.74, 6) is 7.05. The van der Waals surface area contributed by atoms with Gasteiger partial charge in [-0.3, -0.25) is 16.8 Å². The van der Waals surface area contributed by atoms with Gasteiger partial charge in [0.1, 0.15) is 70.5 Å². The number of hydrogen-bond acceptors (Lipinski definition) is 28. The molecule has 4 saturated heterocycles. The SMILES string of the molecule is CC(C)Oc1cc(-c2ccc(N3CCC(N=S(C)(C)=O)CC3)nc2)c2c(C#N)cnn2c1.CCOc1cc(-c2ccc(N3CCC(N=S(C)(C)=O)CC3)nc2)c2c(C#N)cnn2c1.COc1cc(-c2ccc(N3CCC(N=S(C)(C)=O)CC3)nc2)c2c(C#N)cnn2c1.CS(C)(=O)=NC1CCN(c2ccc(-c3cc(OCC4CC4)cn4ncc(C#N)c34)cn2)CC1. The number of aromatic nitrogens is 12. The van der Waals surface area contributed by atoms with E-state index < -0.39 is 38.9 Å². The maximum absolute atomic E-state index is 12.0. The molecule has 12 aromatic rings. The Morgan fingerprint density at radius 1 is 0.381 bits per heavy atom. The smallest absolute Gasteiger partial charge is 0.138 e. The van der Waals surface area contributed by atoms with E-state index in [0.717, 1.165) is 199 Å². The average Bonchev–Trinajstić information content (AvgIpc) is 1.60. The normalized spacial score (nSPS) is 15.7. The number of nitriles is 4. The topological polar surface area (TPSA) is 384 Å². The minimum absolute atomic E-state index is 0.0234. The summed E-state index contributed by atoms with van der Waals surface area (Å²) in [7, 11) is -6.67. The number of pyridine rings is 8. The van der Waals surface area contributed by atoms with E-state index in [1.54, 1.807) is 119 Å². The van der Waals surface area contributed by atoms with Crippen molar-refractivity contribution in [2.24, 2.45) is 23.4 Å². The molecule has 0 bridgehead atoms. The van der Waals surface area contributed by atoms with Gasteiger partial charge >= 0.3 is 0 Å². The molecule has 658 valence electrons. The maximum Gasteiger partial charge on any atom is 0.138 e. The van der Waals surface area contributed by atoms with Gasteiger partial charge in [-0.25, -0.2) is 55.4 Å². The second kappa shape index (κ2) is 39.0. The van der Waals surface area contributed by atoms with Gasteiger partial charge in [0.15, 0.2) is 0 Å². The molecule has 1 saturated carbocycles. The lowest BCUT2D eigenvalue weighted by molar-refractivity contribution is 0.241. The van der Waals surface area contributed by atoms with E-state index in [-0.39, 0.29) is 30.3 Å². The molecule has 0 aromatic carbocycles. The Labute approximate surface area is 736 Å². The van der Waals surface area contributed by atoms with E-state index in [0.29, 0.717) is 58.6 Å². The standard InChI is InChI=1S/C24H28N6O2S.C23H28N6O2S.C22H26N6O2S.C21H24N6O2S/c1-33(2,31)28-20-7-9-29(10-8-20)23-6-5-18(13-26-23)22-11-21(32-16-17-3-4-17)15-30-24(22)19(12-25)14-27-30;1-16(2)31-20-11-21(23-18(12-24)14-26-29(23)15-20)17-5-6-22(25-13-17)28-9-7-19(8-10-28)27-32(3,4)30;1-4-30-19-11-20(22-17(12-23)14-25-28(22)15-19)16-5-6-21(24-13-16)27-9-7-18(8-10-27)26-31(2,3)29;1-29-18-10-19(21-16(11-22)13-24-27(21)14-18)15-4-5-20(23-12-15)26-8-6-17(7-9-26)25-30(2,3)28/h5-6,11,13-15,17,20H,3-4,7-10,16H2,1-2H3;5-6,11,13-16,19H,7-10H2,1-4H3;5-6,11,13-15,18H,4,7-10H2,1-3H3;4-5,10,12-14,17H,6-9H2,1-3H3. The largest absolute Gasteiger partial charge is 0.495 e. The summed E-state index contributed by atoms with van der Waals surface area (Å²) in [5.41, 5.74) is 12.1. The van der Waals surface area contributed by atoms with Crippen molar-refractivity contribution >= 4 is 84.3 Å². The van der Waals surface area contributed by atoms with E-state index in [2.05, 4.69) is 91.7 Å². The quantitative estimate of drug-likeness (QED) is 0.0684. The van der Waals surface area contributed by atoms with Crippen LogP contribution >= 0.6 is 0 Å². The lowest BCUT2D eigenvalue weighted by Crippen LogP contribution is -2.36. The second-order valence-corrected chi connectivity index (χ2v) is 43.7. The predicted molar refractivity (Wildman–Crippen MR) is 495 cm³/mol. The number of anilines is 4. The molecule has 0 unspecified atom stereocenters. The Bertz CT molecular complexity index is 6640. The van der Waals surface area contributed by atoms with Gasteiger partial charge in [-0.15, -0.1) is 0 Å². The molecule has 0 spiro atoms. The molecular formula is C90H106N24O8S4. The molecule has 32 nitrogen and oxygen atoms in total. The maximum atomic E-state index is 12.0. The molecule has 0 radical (unpaired) electrons. The van der Waals surface area contributed by atoms with Gasteiger partial charge in [0.05, 0.1) is 144 Å². The van der Waals surface area contributed by atoms with Crippen molar-refractivity contribution in [1.29, 1.82) is 21.0 Å². The van der Waals surface area contributed by atoms with Crippen molar-refractivity contribution in [2.75, 3.05) is 142 Å². The number of fused-ring (bicyclic) bond motifs is 4. The van der Waals surface area contributed by atoms with Crippen LogP contribution in [-0.2, 0) is 38.9 Å². The summed E-state index contributed by atoms with van der Waals surface area (Å²) in [4.78, 5) is 27.7. The summed E-state index contributed by atoms with van der Waals surface area (Å²) in [5, 5.41) is 55.3. The van der Waals surface area contributed by atoms with Gasteiger partial charge in [-0.2, -0.15) is 41.4 Å². The van der Waals surface area contributed by atoms with Crippen LogP contribution in [0.2, 0.25) is 0 Å². The van der Waals surface area contributed by atoms with E-state index in [1.165, 1.54) is 12.8 Å². The molecule has 17 rings (SSSR count). The number of nitrogens with zero attached hydrogens (tertiary/aromatic N) is 24. The van der Waals surface area contributed by atoms with Crippen LogP contribution in [0, 0.1) is 51.2 Å². The predicted octanol–water partition coefficient (Wildman–Crippen LogP) is 13.8. The summed E-state index contributed by atoms with van der Waals surface area (Å²) >= 11 is 0. The fraction of sp³-hybridized carbons (Fsp3) is 0.422. The third-order valence-corrected chi connectivity index (χ3v) is 25.2. The molecule has 12 aromatic heterocycles. The van der Waals surface area contributed by atoms with Gasteiger partial charge in [-0.1, -0.05) is 0 Å². The highest BCUT2D eigenvalue weighted by molar-refractivity contribution is 7.93. The Morgan fingerprint density at radius 2 is 0.643 bits per heavy atom. The van der Waals surface area contributed by atoms with Crippen LogP contribution in [0.4, 0.5) is 23.3 Å². The first-order valence-corrected chi connectivity index (χ1v) is 51.3. The third kappa shape index (κ3) is 22.8. The van der Waals surface area contributed by atoms with Crippen LogP contribution in [0.3, 0.4) is 0 Å². The van der Waals surface area contributed by atoms with E-state index >= 15 is 0 Å². The number of piperidine rings is 4. The Hall–Kier alpha value is -12.5. The Morgan fingerprint density at radius 3 is 0.881 bits per heavy atom. The number of ether oxygens (including phenoxy) is 4. The first-order valence-electron chi connectivity index (χ1n) is 42.0. The molecule has 4 aliphatic heterocycles. The highest BCUT2D eigenvalue weighted by Crippen LogP contribution is 2.39. The monoisotopic (exact) mass is 1780 g/mol. The molecule has 5 aliphatic rings. The Balaban J connectivity index is 0.000000136. The molecule has 1 aliphatic carbocycles. The molecular weight excluding hydrogens is 1670 g/mol. The van der Waals surface area contributed by atoms with Crippen LogP contribution in [0.25, 0.3) is 66.6 Å². The van der Waals surface area contributed by atoms with Gasteiger partial charge in [-0.05, 0) is 164 Å². The van der Waals surface area contributed by atoms with E-state index in [1.807, 2.05) is 125 Å². The van der Waals surface area contributed by atoms with Gasteiger partial charge in [0.2, 0.25) is 0 Å². The van der Waals surface area contributed by atoms with Gasteiger partial charge in [0, 0.05) is 211 Å². The van der Waals surface area contributed by atoms with Crippen LogP contribution in [-0.4, -0.2) is 228 Å². The minimum atomic E-state index is -2.07. The van der Waals surface area contributed by atoms with Crippen LogP contribution in [0.5, 0.6) is 23.0 Å². The Kier molecular flexibility index (Phi) is 27.8. The highest BCUT2D eigenvalue weighted by Gasteiger charge is 2.29. The molecule has 16 heterocycles. The fourth-order valence-corrected chi connectivity index (χ4v) is 19.7. The number of methoxy groups -OCH3 is 1. The van der Waals surface area contributed by atoms with E-state index in [4.69, 9.17) is 28.9 Å². The van der Waals surface area contributed by atoms with Crippen molar-refractivity contribution in [3.63, 3.8) is 0 Å². The zero-order valence-corrected chi connectivity index (χ0v) is 76.4. The summed E-state index contributed by atoms with van der Waals surface area (Å²) in [6.07, 6.45) is 43.8. The lowest BCUT2D eigenvalue weighted by Gasteiger charge is -2.31. The highest BCUT2D eigenvalue weighted by atomic mass is 32.2. The van der Waals surface area contributed by atoms with E-state index in [9.17, 15) is 37.9 Å². The zero-order chi connectivity index (χ0) is 89.2. The van der Waals surface area contributed by atoms with Crippen LogP contribution in [0.15, 0.2) is 165 Å². The average molecular weight is 1780 g/mol. The van der Waals surface area contributed by atoms with Crippen LogP contribution in [0.1, 0.15) is 107 Å². The van der Waals surface area contributed by atoms with Crippen molar-refractivity contribution in [3.8, 4) is 91.8 Å². The van der Waals surface area contributed by atoms with Crippen LogP contribution < -0.4 is 38.5 Å². The summed E-state index contributed by atoms with van der Waals surface area (Å²) in [6.45, 7) is 13.8. The zero-order valence-electron chi connectivity index (χ0n) is 73.1. The van der Waals surface area contributed by atoms with Crippen molar-refractivity contribution < 1.29 is 35.8 Å². The molecule has 0 amide bonds. The number of hydrogen-bond donors (Lipinski definition) is 0. The first kappa shape index (κ1) is 89.8. The molecule has 0 atom stereocenters. The molecule has 36 heteroatoms. The van der Waals surface area contributed by atoms with Crippen molar-refractivity contribution in [1.82, 2.24) is 58.4 Å².